The fourth-order valence-corrected chi connectivity index (χ4v) is 2.09. The lowest BCUT2D eigenvalue weighted by Crippen LogP contribution is -2.55. The predicted molar refractivity (Wildman–Crippen MR) is 75.0 cm³/mol. The first-order valence-corrected chi connectivity index (χ1v) is 7.19. The number of carboxylic acids is 1. The molecule has 0 bridgehead atoms. The minimum absolute atomic E-state index is 0.316. The van der Waals surface area contributed by atoms with E-state index >= 15 is 0 Å². The number of urea groups is 1. The number of hydrogen-bond donors (Lipinski definition) is 2. The Bertz CT molecular complexity index is 380. The number of carbonyl (C=O) groups excluding carboxylic acids is 2. The first-order valence-electron chi connectivity index (χ1n) is 7.19. The molecule has 0 aromatic rings. The lowest BCUT2D eigenvalue weighted by Gasteiger charge is -2.34. The predicted octanol–water partition coefficient (Wildman–Crippen LogP) is 0.723. The molecule has 120 valence electrons. The molecule has 1 heterocycles. The van der Waals surface area contributed by atoms with Crippen LogP contribution in [0.25, 0.3) is 0 Å². The highest BCUT2D eigenvalue weighted by molar-refractivity contribution is 5.82. The lowest BCUT2D eigenvalue weighted by atomic mass is 10.2. The van der Waals surface area contributed by atoms with Gasteiger partial charge in [0.2, 0.25) is 0 Å². The van der Waals surface area contributed by atoms with Crippen LogP contribution in [0.2, 0.25) is 0 Å². The maximum atomic E-state index is 12.0. The van der Waals surface area contributed by atoms with Crippen LogP contribution >= 0.6 is 0 Å². The van der Waals surface area contributed by atoms with Crippen molar-refractivity contribution in [2.45, 2.75) is 32.7 Å². The summed E-state index contributed by atoms with van der Waals surface area (Å²) in [6.07, 6.45) is 0.685. The second-order valence-electron chi connectivity index (χ2n) is 4.80. The summed E-state index contributed by atoms with van der Waals surface area (Å²) in [5.41, 5.74) is 0. The van der Waals surface area contributed by atoms with E-state index in [2.05, 4.69) is 5.32 Å². The van der Waals surface area contributed by atoms with E-state index in [-0.39, 0.29) is 6.09 Å². The minimum Gasteiger partial charge on any atom is -0.480 e. The van der Waals surface area contributed by atoms with Crippen LogP contribution in [0.15, 0.2) is 0 Å². The Morgan fingerprint density at radius 3 is 2.19 bits per heavy atom. The number of ether oxygens (including phenoxy) is 1. The Morgan fingerprint density at radius 2 is 1.71 bits per heavy atom. The summed E-state index contributed by atoms with van der Waals surface area (Å²) in [4.78, 5) is 37.6. The van der Waals surface area contributed by atoms with Crippen molar-refractivity contribution in [3.05, 3.63) is 0 Å². The maximum absolute atomic E-state index is 12.0. The molecular formula is C13H23N3O5. The Labute approximate surface area is 124 Å². The zero-order chi connectivity index (χ0) is 15.8. The van der Waals surface area contributed by atoms with Gasteiger partial charge in [-0.2, -0.15) is 0 Å². The molecule has 8 nitrogen and oxygen atoms in total. The summed E-state index contributed by atoms with van der Waals surface area (Å²) >= 11 is 0. The molecule has 0 aliphatic carbocycles. The standard InChI is InChI=1S/C13H23N3O5/c1-3-5-10(11(17)18)14-12(19)15-6-8-16(9-7-15)13(20)21-4-2/h10H,3-9H2,1-2H3,(H,14,19)(H,17,18)/t10-/m0/s1. The summed E-state index contributed by atoms with van der Waals surface area (Å²) in [5.74, 6) is -1.03. The number of hydrogen-bond acceptors (Lipinski definition) is 4. The number of carbonyl (C=O) groups is 3. The molecule has 2 N–H and O–H groups in total. The molecule has 1 aliphatic rings. The third-order valence-corrected chi connectivity index (χ3v) is 3.27. The van der Waals surface area contributed by atoms with Gasteiger partial charge >= 0.3 is 18.1 Å². The number of piperazine rings is 1. The van der Waals surface area contributed by atoms with Crippen LogP contribution in [-0.2, 0) is 9.53 Å². The van der Waals surface area contributed by atoms with Crippen molar-refractivity contribution in [2.75, 3.05) is 32.8 Å². The highest BCUT2D eigenvalue weighted by Crippen LogP contribution is 2.05. The first kappa shape index (κ1) is 17.1. The van der Waals surface area contributed by atoms with Gasteiger partial charge in [0.15, 0.2) is 0 Å². The van der Waals surface area contributed by atoms with E-state index in [1.165, 1.54) is 9.80 Å². The zero-order valence-corrected chi connectivity index (χ0v) is 12.5. The first-order chi connectivity index (χ1) is 9.99. The monoisotopic (exact) mass is 301 g/mol. The van der Waals surface area contributed by atoms with Gasteiger partial charge in [0, 0.05) is 26.2 Å². The molecule has 0 spiro atoms. The molecule has 0 aromatic heterocycles. The molecule has 1 fully saturated rings. The molecule has 1 atom stereocenters. The van der Waals surface area contributed by atoms with Crippen molar-refractivity contribution < 1.29 is 24.2 Å². The molecule has 21 heavy (non-hydrogen) atoms. The van der Waals surface area contributed by atoms with Gasteiger partial charge in [-0.05, 0) is 13.3 Å². The van der Waals surface area contributed by atoms with Crippen LogP contribution in [0.3, 0.4) is 0 Å². The highest BCUT2D eigenvalue weighted by Gasteiger charge is 2.27. The summed E-state index contributed by atoms with van der Waals surface area (Å²) in [6, 6.07) is -1.27. The average molecular weight is 301 g/mol. The van der Waals surface area contributed by atoms with Crippen molar-refractivity contribution in [3.63, 3.8) is 0 Å². The molecule has 0 radical (unpaired) electrons. The largest absolute Gasteiger partial charge is 0.480 e. The van der Waals surface area contributed by atoms with Crippen LogP contribution in [0.1, 0.15) is 26.7 Å². The number of nitrogens with zero attached hydrogens (tertiary/aromatic N) is 2. The molecule has 0 unspecified atom stereocenters. The topological polar surface area (TPSA) is 99.2 Å². The van der Waals surface area contributed by atoms with Gasteiger partial charge in [-0.1, -0.05) is 13.3 Å². The molecular weight excluding hydrogens is 278 g/mol. The van der Waals surface area contributed by atoms with E-state index in [0.717, 1.165) is 0 Å². The summed E-state index contributed by atoms with van der Waals surface area (Å²) < 4.78 is 4.90. The third-order valence-electron chi connectivity index (χ3n) is 3.27. The number of aliphatic carboxylic acids is 1. The van der Waals surface area contributed by atoms with E-state index < -0.39 is 18.0 Å². The van der Waals surface area contributed by atoms with Crippen LogP contribution in [0.4, 0.5) is 9.59 Å². The summed E-state index contributed by atoms with van der Waals surface area (Å²) in [6.45, 7) is 5.42. The van der Waals surface area contributed by atoms with E-state index in [9.17, 15) is 14.4 Å². The summed E-state index contributed by atoms with van der Waals surface area (Å²) in [7, 11) is 0. The molecule has 1 aliphatic heterocycles. The van der Waals surface area contributed by atoms with Gasteiger partial charge in [-0.15, -0.1) is 0 Å². The smallest absolute Gasteiger partial charge is 0.409 e. The number of carboxylic acid groups (broad SMARTS) is 1. The van der Waals surface area contributed by atoms with E-state index in [1.54, 1.807) is 6.92 Å². The highest BCUT2D eigenvalue weighted by atomic mass is 16.6. The van der Waals surface area contributed by atoms with Crippen LogP contribution in [0, 0.1) is 0 Å². The Balaban J connectivity index is 2.44. The van der Waals surface area contributed by atoms with Gasteiger partial charge < -0.3 is 25.0 Å². The van der Waals surface area contributed by atoms with Crippen LogP contribution in [0.5, 0.6) is 0 Å². The quantitative estimate of drug-likeness (QED) is 0.779. The third kappa shape index (κ3) is 5.13. The number of nitrogens with one attached hydrogen (secondary N) is 1. The SMILES string of the molecule is CCC[C@H](NC(=O)N1CCN(C(=O)OCC)CC1)C(=O)O. The van der Waals surface area contributed by atoms with Crippen molar-refractivity contribution in [2.24, 2.45) is 0 Å². The fourth-order valence-electron chi connectivity index (χ4n) is 2.09. The van der Waals surface area contributed by atoms with Crippen molar-refractivity contribution in [1.82, 2.24) is 15.1 Å². The Hall–Kier alpha value is -1.99. The minimum atomic E-state index is -1.03. The summed E-state index contributed by atoms with van der Waals surface area (Å²) in [5, 5.41) is 11.5. The molecule has 3 amide bonds. The zero-order valence-electron chi connectivity index (χ0n) is 12.5. The Kier molecular flexibility index (Phi) is 6.77. The molecule has 1 rings (SSSR count). The second kappa shape index (κ2) is 8.33. The van der Waals surface area contributed by atoms with Crippen LogP contribution < -0.4 is 5.32 Å². The van der Waals surface area contributed by atoms with Gasteiger partial charge in [0.05, 0.1) is 6.61 Å². The van der Waals surface area contributed by atoms with Crippen molar-refractivity contribution >= 4 is 18.1 Å². The van der Waals surface area contributed by atoms with Crippen molar-refractivity contribution in [1.29, 1.82) is 0 Å². The molecule has 0 aromatic carbocycles. The Morgan fingerprint density at radius 1 is 1.14 bits per heavy atom. The van der Waals surface area contributed by atoms with Gasteiger partial charge in [-0.3, -0.25) is 0 Å². The van der Waals surface area contributed by atoms with Crippen molar-refractivity contribution in [3.8, 4) is 0 Å². The fraction of sp³-hybridized carbons (Fsp3) is 0.769. The number of amides is 3. The number of rotatable bonds is 5. The van der Waals surface area contributed by atoms with Crippen LogP contribution in [-0.4, -0.2) is 71.8 Å². The van der Waals surface area contributed by atoms with Gasteiger partial charge in [0.25, 0.3) is 0 Å². The normalized spacial score (nSPS) is 16.3. The van der Waals surface area contributed by atoms with Gasteiger partial charge in [-0.25, -0.2) is 14.4 Å². The lowest BCUT2D eigenvalue weighted by molar-refractivity contribution is -0.139. The molecule has 1 saturated heterocycles. The van der Waals surface area contributed by atoms with E-state index in [0.29, 0.717) is 45.6 Å². The second-order valence-corrected chi connectivity index (χ2v) is 4.80. The molecule has 8 heteroatoms. The maximum Gasteiger partial charge on any atom is 0.409 e. The van der Waals surface area contributed by atoms with E-state index in [1.807, 2.05) is 6.92 Å². The average Bonchev–Trinajstić information content (AvgIpc) is 2.47. The van der Waals surface area contributed by atoms with E-state index in [4.69, 9.17) is 9.84 Å². The molecule has 0 saturated carbocycles. The van der Waals surface area contributed by atoms with Gasteiger partial charge in [0.1, 0.15) is 6.04 Å².